The Labute approximate surface area is 170 Å². The van der Waals surface area contributed by atoms with Crippen LogP contribution in [0.25, 0.3) is 0 Å². The minimum Gasteiger partial charge on any atom is -0.384 e. The normalized spacial score (nSPS) is 20.0. The van der Waals surface area contributed by atoms with Gasteiger partial charge in [0, 0.05) is 32.7 Å². The van der Waals surface area contributed by atoms with Gasteiger partial charge >= 0.3 is 0 Å². The van der Waals surface area contributed by atoms with E-state index < -0.39 is 0 Å². The Morgan fingerprint density at radius 1 is 1.26 bits per heavy atom. The van der Waals surface area contributed by atoms with Gasteiger partial charge in [-0.1, -0.05) is 15.9 Å². The van der Waals surface area contributed by atoms with E-state index in [9.17, 15) is 10.1 Å². The monoisotopic (exact) mass is 439 g/mol. The van der Waals surface area contributed by atoms with Crippen molar-refractivity contribution in [2.75, 3.05) is 4.90 Å². The van der Waals surface area contributed by atoms with Crippen molar-refractivity contribution in [1.82, 2.24) is 0 Å². The van der Waals surface area contributed by atoms with E-state index in [1.54, 1.807) is 11.3 Å². The van der Waals surface area contributed by atoms with E-state index >= 15 is 0 Å². The number of nitriles is 1. The standard InChI is InChI=1S/C21H18BrN3OS/c1-12-9-10-27-20(12)18-15(11-23)21(24)25(14-7-5-13(22)6-8-14)16-3-2-4-17(26)19(16)18/h5-10,18H,2-4,24H2,1H3/t18-/m0/s1. The molecule has 0 unspecified atom stereocenters. The Kier molecular flexibility index (Phi) is 4.67. The molecule has 0 saturated carbocycles. The number of hydrogen-bond donors (Lipinski definition) is 1. The highest BCUT2D eigenvalue weighted by atomic mass is 79.9. The first-order chi connectivity index (χ1) is 13.0. The van der Waals surface area contributed by atoms with Crippen LogP contribution in [0, 0.1) is 18.3 Å². The summed E-state index contributed by atoms with van der Waals surface area (Å²) in [5.74, 6) is 0.187. The highest BCUT2D eigenvalue weighted by Crippen LogP contribution is 2.48. The fraction of sp³-hybridized carbons (Fsp3) is 0.238. The van der Waals surface area contributed by atoms with Gasteiger partial charge in [0.1, 0.15) is 5.82 Å². The van der Waals surface area contributed by atoms with Gasteiger partial charge in [-0.15, -0.1) is 11.3 Å². The van der Waals surface area contributed by atoms with Gasteiger partial charge in [0.05, 0.1) is 17.6 Å². The lowest BCUT2D eigenvalue weighted by Crippen LogP contribution is -2.38. The zero-order valence-electron chi connectivity index (χ0n) is 14.8. The fourth-order valence-electron chi connectivity index (χ4n) is 3.91. The average Bonchev–Trinajstić information content (AvgIpc) is 3.08. The van der Waals surface area contributed by atoms with Crippen molar-refractivity contribution in [3.63, 3.8) is 0 Å². The van der Waals surface area contributed by atoms with Crippen molar-refractivity contribution in [2.45, 2.75) is 32.1 Å². The molecule has 1 aliphatic heterocycles. The van der Waals surface area contributed by atoms with E-state index in [4.69, 9.17) is 5.73 Å². The fourth-order valence-corrected chi connectivity index (χ4v) is 5.22. The Bertz CT molecular complexity index is 1030. The molecule has 1 aromatic carbocycles. The number of rotatable bonds is 2. The Morgan fingerprint density at radius 2 is 2.00 bits per heavy atom. The minimum absolute atomic E-state index is 0.122. The molecular weight excluding hydrogens is 422 g/mol. The van der Waals surface area contributed by atoms with Gasteiger partial charge in [0.2, 0.25) is 0 Å². The first-order valence-corrected chi connectivity index (χ1v) is 10.5. The lowest BCUT2D eigenvalue weighted by atomic mass is 9.77. The van der Waals surface area contributed by atoms with Gasteiger partial charge in [-0.2, -0.15) is 5.26 Å². The number of halogens is 1. The van der Waals surface area contributed by atoms with Gasteiger partial charge in [-0.3, -0.25) is 9.69 Å². The van der Waals surface area contributed by atoms with Crippen molar-refractivity contribution >= 4 is 38.7 Å². The third-order valence-corrected chi connectivity index (χ3v) is 6.77. The molecule has 1 aromatic heterocycles. The largest absolute Gasteiger partial charge is 0.384 e. The number of hydrogen-bond acceptors (Lipinski definition) is 5. The second-order valence-electron chi connectivity index (χ2n) is 6.76. The number of carbonyl (C=O) groups excluding carboxylic acids is 1. The van der Waals surface area contributed by atoms with E-state index in [0.717, 1.165) is 44.7 Å². The minimum atomic E-state index is -0.357. The van der Waals surface area contributed by atoms with Crippen molar-refractivity contribution in [3.05, 3.63) is 73.3 Å². The van der Waals surface area contributed by atoms with Crippen LogP contribution in [0.1, 0.15) is 35.6 Å². The zero-order valence-corrected chi connectivity index (χ0v) is 17.2. The molecule has 136 valence electrons. The summed E-state index contributed by atoms with van der Waals surface area (Å²) >= 11 is 5.04. The molecule has 0 spiro atoms. The van der Waals surface area contributed by atoms with E-state index in [1.807, 2.05) is 47.5 Å². The van der Waals surface area contributed by atoms with Crippen LogP contribution >= 0.6 is 27.3 Å². The second-order valence-corrected chi connectivity index (χ2v) is 8.62. The number of benzene rings is 1. The van der Waals surface area contributed by atoms with Crippen molar-refractivity contribution in [3.8, 4) is 6.07 Å². The number of allylic oxidation sites excluding steroid dienone is 3. The molecule has 0 fully saturated rings. The Morgan fingerprint density at radius 3 is 2.63 bits per heavy atom. The maximum Gasteiger partial charge on any atom is 0.161 e. The Balaban J connectivity index is 1.97. The Hall–Kier alpha value is -2.36. The molecule has 6 heteroatoms. The molecule has 4 nitrogen and oxygen atoms in total. The average molecular weight is 440 g/mol. The predicted octanol–water partition coefficient (Wildman–Crippen LogP) is 5.12. The number of ketones is 1. The summed E-state index contributed by atoms with van der Waals surface area (Å²) in [6.45, 7) is 2.02. The summed E-state index contributed by atoms with van der Waals surface area (Å²) in [5.41, 5.74) is 10.6. The molecule has 1 aliphatic carbocycles. The topological polar surface area (TPSA) is 70.1 Å². The molecule has 27 heavy (non-hydrogen) atoms. The van der Waals surface area contributed by atoms with Crippen LogP contribution in [0.5, 0.6) is 0 Å². The lowest BCUT2D eigenvalue weighted by molar-refractivity contribution is -0.116. The molecule has 0 saturated heterocycles. The maximum absolute atomic E-state index is 13.0. The quantitative estimate of drug-likeness (QED) is 0.704. The molecule has 2 aliphatic rings. The lowest BCUT2D eigenvalue weighted by Gasteiger charge is -2.39. The van der Waals surface area contributed by atoms with Crippen molar-refractivity contribution in [1.29, 1.82) is 5.26 Å². The summed E-state index contributed by atoms with van der Waals surface area (Å²) in [6, 6.07) is 12.1. The van der Waals surface area contributed by atoms with Crippen molar-refractivity contribution < 1.29 is 4.79 Å². The van der Waals surface area contributed by atoms with Crippen LogP contribution in [0.3, 0.4) is 0 Å². The number of nitrogens with zero attached hydrogens (tertiary/aromatic N) is 2. The van der Waals surface area contributed by atoms with Crippen LogP contribution in [0.2, 0.25) is 0 Å². The number of thiophene rings is 1. The summed E-state index contributed by atoms with van der Waals surface area (Å²) in [4.78, 5) is 15.9. The molecule has 2 heterocycles. The van der Waals surface area contributed by atoms with Crippen LogP contribution in [-0.4, -0.2) is 5.78 Å². The van der Waals surface area contributed by atoms with E-state index in [2.05, 4.69) is 22.0 Å². The molecule has 1 atom stereocenters. The molecule has 2 aromatic rings. The van der Waals surface area contributed by atoms with Gasteiger partial charge in [-0.25, -0.2) is 0 Å². The summed E-state index contributed by atoms with van der Waals surface area (Å²) in [7, 11) is 0. The van der Waals surface area contributed by atoms with E-state index in [-0.39, 0.29) is 11.7 Å². The van der Waals surface area contributed by atoms with Gasteiger partial charge in [0.15, 0.2) is 5.78 Å². The number of Topliss-reactive ketones (excluding diaryl/α,β-unsaturated/α-hetero) is 1. The smallest absolute Gasteiger partial charge is 0.161 e. The summed E-state index contributed by atoms with van der Waals surface area (Å²) in [6.07, 6.45) is 2.10. The molecule has 2 N–H and O–H groups in total. The maximum atomic E-state index is 13.0. The van der Waals surface area contributed by atoms with E-state index in [1.165, 1.54) is 0 Å². The predicted molar refractivity (Wildman–Crippen MR) is 111 cm³/mol. The van der Waals surface area contributed by atoms with Gasteiger partial charge in [-0.05, 0) is 61.0 Å². The molecular formula is C21H18BrN3OS. The molecule has 4 rings (SSSR count). The van der Waals surface area contributed by atoms with E-state index in [0.29, 0.717) is 17.8 Å². The zero-order chi connectivity index (χ0) is 19.1. The highest BCUT2D eigenvalue weighted by molar-refractivity contribution is 9.10. The van der Waals surface area contributed by atoms with Crippen LogP contribution in [-0.2, 0) is 4.79 Å². The third-order valence-electron chi connectivity index (χ3n) is 5.16. The number of nitrogens with two attached hydrogens (primary N) is 1. The SMILES string of the molecule is Cc1ccsc1[C@H]1C(C#N)=C(N)N(c2ccc(Br)cc2)C2=C1C(=O)CCC2. The summed E-state index contributed by atoms with van der Waals surface area (Å²) < 4.78 is 0.965. The van der Waals surface area contributed by atoms with Crippen LogP contribution in [0.4, 0.5) is 5.69 Å². The van der Waals surface area contributed by atoms with Gasteiger partial charge in [0.25, 0.3) is 0 Å². The van der Waals surface area contributed by atoms with Crippen LogP contribution < -0.4 is 10.6 Å². The summed E-state index contributed by atoms with van der Waals surface area (Å²) in [5, 5.41) is 12.0. The van der Waals surface area contributed by atoms with Crippen molar-refractivity contribution in [2.24, 2.45) is 5.73 Å². The first-order valence-electron chi connectivity index (χ1n) is 8.78. The number of aryl methyl sites for hydroxylation is 1. The highest BCUT2D eigenvalue weighted by Gasteiger charge is 2.41. The first kappa shape index (κ1) is 18.0. The molecule has 0 radical (unpaired) electrons. The van der Waals surface area contributed by atoms with Crippen LogP contribution in [0.15, 0.2) is 62.8 Å². The second kappa shape index (κ2) is 6.99. The van der Waals surface area contributed by atoms with Gasteiger partial charge < -0.3 is 5.73 Å². The molecule has 0 bridgehead atoms. The molecule has 0 amide bonds. The third kappa shape index (κ3) is 2.91. The number of carbonyl (C=O) groups is 1. The number of anilines is 1.